The smallest absolute Gasteiger partial charge is 0.322 e. The van der Waals surface area contributed by atoms with Crippen LogP contribution in [0.5, 0.6) is 5.75 Å². The Kier molecular flexibility index (Phi) is 5.26. The molecule has 5 amide bonds. The van der Waals surface area contributed by atoms with E-state index in [9.17, 15) is 19.2 Å². The molecule has 0 aliphatic carbocycles. The van der Waals surface area contributed by atoms with Crippen molar-refractivity contribution in [3.8, 4) is 5.75 Å². The van der Waals surface area contributed by atoms with Gasteiger partial charge in [-0.2, -0.15) is 0 Å². The van der Waals surface area contributed by atoms with Crippen molar-refractivity contribution in [3.05, 3.63) is 29.3 Å². The van der Waals surface area contributed by atoms with E-state index in [0.717, 1.165) is 5.56 Å². The fourth-order valence-electron chi connectivity index (χ4n) is 3.40. The number of hydrogen-bond acceptors (Lipinski definition) is 5. The number of carbonyl (C=O) groups is 4. The number of methoxy groups -OCH3 is 1. The van der Waals surface area contributed by atoms with E-state index in [1.807, 2.05) is 13.8 Å². The Morgan fingerprint density at radius 2 is 2.07 bits per heavy atom. The van der Waals surface area contributed by atoms with E-state index in [0.29, 0.717) is 17.9 Å². The van der Waals surface area contributed by atoms with Gasteiger partial charge in [-0.25, -0.2) is 4.79 Å². The molecule has 2 aliphatic rings. The molecule has 0 radical (unpaired) electrons. The van der Waals surface area contributed by atoms with Gasteiger partial charge in [0, 0.05) is 18.7 Å². The van der Waals surface area contributed by atoms with Crippen LogP contribution in [0.3, 0.4) is 0 Å². The van der Waals surface area contributed by atoms with E-state index in [1.54, 1.807) is 18.2 Å². The summed E-state index contributed by atoms with van der Waals surface area (Å²) in [7, 11) is 1.52. The number of urea groups is 1. The number of amides is 5. The maximum Gasteiger partial charge on any atom is 0.322 e. The van der Waals surface area contributed by atoms with Crippen LogP contribution in [0.2, 0.25) is 0 Å². The first-order valence-electron chi connectivity index (χ1n) is 9.10. The van der Waals surface area contributed by atoms with Crippen molar-refractivity contribution in [2.45, 2.75) is 32.4 Å². The molecule has 28 heavy (non-hydrogen) atoms. The number of benzene rings is 1. The molecule has 3 N–H and O–H groups in total. The van der Waals surface area contributed by atoms with Crippen LogP contribution in [-0.2, 0) is 16.1 Å². The summed E-state index contributed by atoms with van der Waals surface area (Å²) in [6.07, 6.45) is -0.249. The predicted molar refractivity (Wildman–Crippen MR) is 99.6 cm³/mol. The highest BCUT2D eigenvalue weighted by Crippen LogP contribution is 2.29. The Labute approximate surface area is 162 Å². The summed E-state index contributed by atoms with van der Waals surface area (Å²) in [6.45, 7) is 4.55. The molecule has 0 spiro atoms. The van der Waals surface area contributed by atoms with E-state index in [1.165, 1.54) is 12.0 Å². The van der Waals surface area contributed by atoms with Crippen molar-refractivity contribution < 1.29 is 23.9 Å². The van der Waals surface area contributed by atoms with Gasteiger partial charge >= 0.3 is 6.03 Å². The van der Waals surface area contributed by atoms with Crippen molar-refractivity contribution in [2.24, 2.45) is 5.92 Å². The summed E-state index contributed by atoms with van der Waals surface area (Å²) >= 11 is 0. The summed E-state index contributed by atoms with van der Waals surface area (Å²) in [6, 6.07) is 4.52. The average molecular weight is 388 g/mol. The lowest BCUT2D eigenvalue weighted by molar-refractivity contribution is -0.130. The monoisotopic (exact) mass is 388 g/mol. The molecule has 0 aromatic heterocycles. The van der Waals surface area contributed by atoms with Crippen molar-refractivity contribution in [1.29, 1.82) is 0 Å². The van der Waals surface area contributed by atoms with Gasteiger partial charge in [0.25, 0.3) is 11.8 Å². The molecular formula is C19H24N4O5. The summed E-state index contributed by atoms with van der Waals surface area (Å²) in [5.41, 5.74) is -0.210. The lowest BCUT2D eigenvalue weighted by atomic mass is 9.93. The largest absolute Gasteiger partial charge is 0.497 e. The van der Waals surface area contributed by atoms with Crippen LogP contribution in [-0.4, -0.2) is 54.4 Å². The van der Waals surface area contributed by atoms with E-state index in [4.69, 9.17) is 4.74 Å². The molecule has 9 heteroatoms. The van der Waals surface area contributed by atoms with Gasteiger partial charge in [-0.1, -0.05) is 19.9 Å². The second-order valence-electron chi connectivity index (χ2n) is 7.55. The van der Waals surface area contributed by atoms with Crippen LogP contribution < -0.4 is 20.7 Å². The third-order valence-electron chi connectivity index (χ3n) is 4.84. The minimum absolute atomic E-state index is 0.102. The number of hydrogen-bond donors (Lipinski definition) is 3. The minimum atomic E-state index is -1.50. The number of nitrogens with zero attached hydrogens (tertiary/aromatic N) is 1. The van der Waals surface area contributed by atoms with Gasteiger partial charge in [0.2, 0.25) is 5.91 Å². The molecule has 1 unspecified atom stereocenters. The number of imide groups is 1. The van der Waals surface area contributed by atoms with E-state index in [2.05, 4.69) is 16.0 Å². The van der Waals surface area contributed by atoms with Crippen LogP contribution in [0, 0.1) is 5.92 Å². The van der Waals surface area contributed by atoms with E-state index >= 15 is 0 Å². The molecule has 2 aliphatic heterocycles. The first kappa shape index (κ1) is 19.7. The third-order valence-corrected chi connectivity index (χ3v) is 4.84. The molecule has 3 rings (SSSR count). The first-order valence-corrected chi connectivity index (χ1v) is 9.10. The Balaban J connectivity index is 1.79. The lowest BCUT2D eigenvalue weighted by Gasteiger charge is -2.30. The molecule has 1 fully saturated rings. The van der Waals surface area contributed by atoms with Crippen LogP contribution >= 0.6 is 0 Å². The highest BCUT2D eigenvalue weighted by Gasteiger charge is 2.50. The standard InChI is InChI=1S/C19H24N4O5/c1-11(2)8-20-15(24)7-19(17(26)21-18(27)22-19)10-23-9-12-4-5-13(28-3)6-14(12)16(23)25/h4-6,11H,7-10H2,1-3H3,(H,20,24)(H2,21,22,26,27). The van der Waals surface area contributed by atoms with Crippen LogP contribution in [0.25, 0.3) is 0 Å². The summed E-state index contributed by atoms with van der Waals surface area (Å²) < 4.78 is 5.16. The zero-order valence-electron chi connectivity index (χ0n) is 16.1. The molecule has 0 bridgehead atoms. The third kappa shape index (κ3) is 3.78. The Morgan fingerprint density at radius 1 is 1.32 bits per heavy atom. The Morgan fingerprint density at radius 3 is 2.68 bits per heavy atom. The topological polar surface area (TPSA) is 117 Å². The van der Waals surface area contributed by atoms with Gasteiger partial charge in [0.15, 0.2) is 0 Å². The average Bonchev–Trinajstić information content (AvgIpc) is 3.09. The van der Waals surface area contributed by atoms with Crippen LogP contribution in [0.4, 0.5) is 4.79 Å². The molecule has 1 aromatic rings. The minimum Gasteiger partial charge on any atom is -0.497 e. The lowest BCUT2D eigenvalue weighted by Crippen LogP contribution is -2.57. The van der Waals surface area contributed by atoms with Crippen molar-refractivity contribution in [1.82, 2.24) is 20.9 Å². The maximum absolute atomic E-state index is 12.8. The number of nitrogens with one attached hydrogen (secondary N) is 3. The molecular weight excluding hydrogens is 364 g/mol. The van der Waals surface area contributed by atoms with Gasteiger partial charge in [0.1, 0.15) is 11.3 Å². The molecule has 1 aromatic carbocycles. The first-order chi connectivity index (χ1) is 13.2. The Bertz CT molecular complexity index is 838. The fourth-order valence-corrected chi connectivity index (χ4v) is 3.40. The van der Waals surface area contributed by atoms with Gasteiger partial charge in [0.05, 0.1) is 20.1 Å². The molecule has 9 nitrogen and oxygen atoms in total. The normalized spacial score (nSPS) is 20.9. The second kappa shape index (κ2) is 7.49. The van der Waals surface area contributed by atoms with E-state index in [-0.39, 0.29) is 37.2 Å². The zero-order valence-corrected chi connectivity index (χ0v) is 16.1. The molecule has 1 atom stereocenters. The highest BCUT2D eigenvalue weighted by molar-refractivity contribution is 6.09. The zero-order chi connectivity index (χ0) is 20.5. The van der Waals surface area contributed by atoms with Crippen molar-refractivity contribution >= 4 is 23.8 Å². The molecule has 2 heterocycles. The van der Waals surface area contributed by atoms with Gasteiger partial charge in [-0.15, -0.1) is 0 Å². The Hall–Kier alpha value is -3.10. The number of fused-ring (bicyclic) bond motifs is 1. The molecule has 150 valence electrons. The van der Waals surface area contributed by atoms with Crippen LogP contribution in [0.15, 0.2) is 18.2 Å². The number of ether oxygens (including phenoxy) is 1. The van der Waals surface area contributed by atoms with Crippen LogP contribution in [0.1, 0.15) is 36.2 Å². The number of carbonyl (C=O) groups excluding carboxylic acids is 4. The summed E-state index contributed by atoms with van der Waals surface area (Å²) in [5.74, 6) is -0.444. The summed E-state index contributed by atoms with van der Waals surface area (Å²) in [5, 5.41) is 7.48. The second-order valence-corrected chi connectivity index (χ2v) is 7.55. The van der Waals surface area contributed by atoms with Gasteiger partial charge in [-0.05, 0) is 23.6 Å². The highest BCUT2D eigenvalue weighted by atomic mass is 16.5. The number of rotatable bonds is 7. The predicted octanol–water partition coefficient (Wildman–Crippen LogP) is 0.392. The maximum atomic E-state index is 12.8. The van der Waals surface area contributed by atoms with Crippen molar-refractivity contribution in [3.63, 3.8) is 0 Å². The van der Waals surface area contributed by atoms with Gasteiger partial charge in [-0.3, -0.25) is 19.7 Å². The fraction of sp³-hybridized carbons (Fsp3) is 0.474. The van der Waals surface area contributed by atoms with Gasteiger partial charge < -0.3 is 20.3 Å². The quantitative estimate of drug-likeness (QED) is 0.584. The van der Waals surface area contributed by atoms with Crippen molar-refractivity contribution in [2.75, 3.05) is 20.2 Å². The SMILES string of the molecule is COc1ccc2c(c1)C(=O)N(CC1(CC(=O)NCC(C)C)NC(=O)NC1=O)C2. The molecule has 0 saturated carbocycles. The summed E-state index contributed by atoms with van der Waals surface area (Å²) in [4.78, 5) is 50.9. The van der Waals surface area contributed by atoms with E-state index < -0.39 is 17.5 Å². The molecule has 1 saturated heterocycles.